The highest BCUT2D eigenvalue weighted by atomic mass is 19.4. The Kier molecular flexibility index (Phi) is 3.69. The molecule has 2 rings (SSSR count). The number of aliphatic carboxylic acids is 1. The van der Waals surface area contributed by atoms with E-state index in [4.69, 9.17) is 5.11 Å². The van der Waals surface area contributed by atoms with E-state index in [1.54, 1.807) is 0 Å². The van der Waals surface area contributed by atoms with Gasteiger partial charge < -0.3 is 10.0 Å². The first-order valence-corrected chi connectivity index (χ1v) is 5.84. The lowest BCUT2D eigenvalue weighted by molar-refractivity contribution is -0.188. The molecule has 2 atom stereocenters. The molecule has 1 saturated heterocycles. The molecule has 110 valence electrons. The molecule has 0 spiro atoms. The Morgan fingerprint density at radius 1 is 1.45 bits per heavy atom. The van der Waals surface area contributed by atoms with Crippen molar-refractivity contribution in [1.29, 1.82) is 0 Å². The minimum absolute atomic E-state index is 0.128. The van der Waals surface area contributed by atoms with Gasteiger partial charge in [0.1, 0.15) is 0 Å². The number of carbonyl (C=O) groups excluding carboxylic acids is 1. The molecule has 0 aromatic carbocycles. The zero-order chi connectivity index (χ0) is 14.9. The molecule has 1 fully saturated rings. The summed E-state index contributed by atoms with van der Waals surface area (Å²) in [6, 6.07) is 1.53. The topological polar surface area (TPSA) is 86.3 Å². The van der Waals surface area contributed by atoms with E-state index in [9.17, 15) is 22.8 Å². The third-order valence-electron chi connectivity index (χ3n) is 3.31. The van der Waals surface area contributed by atoms with Gasteiger partial charge in [-0.05, 0) is 6.07 Å². The monoisotopic (exact) mass is 291 g/mol. The zero-order valence-electron chi connectivity index (χ0n) is 10.2. The Hall–Kier alpha value is -2.06. The summed E-state index contributed by atoms with van der Waals surface area (Å²) < 4.78 is 38.3. The summed E-state index contributed by atoms with van der Waals surface area (Å²) in [5.74, 6) is -5.72. The fraction of sp³-hybridized carbons (Fsp3) is 0.545. The van der Waals surface area contributed by atoms with Crippen molar-refractivity contribution in [1.82, 2.24) is 15.1 Å². The minimum Gasteiger partial charge on any atom is -0.481 e. The van der Waals surface area contributed by atoms with Crippen molar-refractivity contribution in [3.05, 3.63) is 18.0 Å². The zero-order valence-corrected chi connectivity index (χ0v) is 10.2. The maximum Gasteiger partial charge on any atom is 0.394 e. The van der Waals surface area contributed by atoms with Crippen molar-refractivity contribution in [2.45, 2.75) is 12.6 Å². The summed E-state index contributed by atoms with van der Waals surface area (Å²) >= 11 is 0. The molecule has 1 aromatic heterocycles. The van der Waals surface area contributed by atoms with Crippen LogP contribution in [0.25, 0.3) is 0 Å². The molecule has 0 aliphatic carbocycles. The molecule has 2 N–H and O–H groups in total. The van der Waals surface area contributed by atoms with Crippen LogP contribution in [0.1, 0.15) is 5.69 Å². The lowest BCUT2D eigenvalue weighted by Crippen LogP contribution is -2.34. The highest BCUT2D eigenvalue weighted by Crippen LogP contribution is 2.37. The summed E-state index contributed by atoms with van der Waals surface area (Å²) in [6.45, 7) is -1.04. The second-order valence-corrected chi connectivity index (χ2v) is 4.65. The summed E-state index contributed by atoms with van der Waals surface area (Å²) in [4.78, 5) is 23.7. The molecule has 1 aliphatic rings. The van der Waals surface area contributed by atoms with Gasteiger partial charge in [-0.15, -0.1) is 0 Å². The van der Waals surface area contributed by atoms with E-state index < -0.39 is 43.0 Å². The standard InChI is InChI=1S/C11H12F3N3O3/c12-11(13,14)8-5-17(4-7(8)10(19)20)9(18)3-6-1-2-15-16-6/h1-2,7-8H,3-5H2,(H,15,16)(H,19,20)/t7-,8-/m1/s1. The van der Waals surface area contributed by atoms with E-state index in [1.165, 1.54) is 12.3 Å². The van der Waals surface area contributed by atoms with Gasteiger partial charge in [-0.25, -0.2) is 0 Å². The number of H-pyrrole nitrogens is 1. The van der Waals surface area contributed by atoms with Crippen LogP contribution in [0.15, 0.2) is 12.3 Å². The Morgan fingerprint density at radius 3 is 2.60 bits per heavy atom. The molecule has 0 bridgehead atoms. The first-order valence-electron chi connectivity index (χ1n) is 5.84. The molecule has 1 amide bonds. The molecule has 0 saturated carbocycles. The van der Waals surface area contributed by atoms with Gasteiger partial charge in [0.15, 0.2) is 0 Å². The van der Waals surface area contributed by atoms with E-state index in [-0.39, 0.29) is 6.42 Å². The molecule has 6 nitrogen and oxygen atoms in total. The molecule has 1 aliphatic heterocycles. The highest BCUT2D eigenvalue weighted by Gasteiger charge is 2.53. The van der Waals surface area contributed by atoms with Crippen LogP contribution in [0.2, 0.25) is 0 Å². The van der Waals surface area contributed by atoms with Crippen molar-refractivity contribution in [2.24, 2.45) is 11.8 Å². The Labute approximate surface area is 111 Å². The van der Waals surface area contributed by atoms with Crippen LogP contribution in [0, 0.1) is 11.8 Å². The largest absolute Gasteiger partial charge is 0.481 e. The third-order valence-corrected chi connectivity index (χ3v) is 3.31. The maximum atomic E-state index is 12.8. The average Bonchev–Trinajstić information content (AvgIpc) is 2.95. The normalized spacial score (nSPS) is 23.1. The number of carboxylic acid groups (broad SMARTS) is 1. The number of nitrogens with zero attached hydrogens (tertiary/aromatic N) is 2. The number of hydrogen-bond donors (Lipinski definition) is 2. The van der Waals surface area contributed by atoms with Gasteiger partial charge >= 0.3 is 12.1 Å². The number of carboxylic acids is 1. The summed E-state index contributed by atoms with van der Waals surface area (Å²) in [6.07, 6.45) is -3.34. The predicted octanol–water partition coefficient (Wildman–Crippen LogP) is 0.674. The number of nitrogens with one attached hydrogen (secondary N) is 1. The fourth-order valence-corrected chi connectivity index (χ4v) is 2.25. The highest BCUT2D eigenvalue weighted by molar-refractivity contribution is 5.80. The molecule has 0 radical (unpaired) electrons. The first-order chi connectivity index (χ1) is 9.29. The van der Waals surface area contributed by atoms with Crippen LogP contribution in [0.3, 0.4) is 0 Å². The van der Waals surface area contributed by atoms with Crippen LogP contribution >= 0.6 is 0 Å². The van der Waals surface area contributed by atoms with Crippen LogP contribution in [-0.2, 0) is 16.0 Å². The van der Waals surface area contributed by atoms with E-state index in [2.05, 4.69) is 10.2 Å². The molecular formula is C11H12F3N3O3. The Balaban J connectivity index is 2.07. The molecule has 1 aromatic rings. The number of halogens is 3. The van der Waals surface area contributed by atoms with Crippen molar-refractivity contribution >= 4 is 11.9 Å². The van der Waals surface area contributed by atoms with Crippen molar-refractivity contribution < 1.29 is 27.9 Å². The molecule has 9 heteroatoms. The van der Waals surface area contributed by atoms with Gasteiger partial charge in [0.05, 0.1) is 18.3 Å². The van der Waals surface area contributed by atoms with Gasteiger partial charge in [0.2, 0.25) is 5.91 Å². The quantitative estimate of drug-likeness (QED) is 0.857. The van der Waals surface area contributed by atoms with Crippen molar-refractivity contribution in [2.75, 3.05) is 13.1 Å². The second kappa shape index (κ2) is 5.14. The fourth-order valence-electron chi connectivity index (χ4n) is 2.25. The number of aromatic amines is 1. The molecule has 20 heavy (non-hydrogen) atoms. The Morgan fingerprint density at radius 2 is 2.15 bits per heavy atom. The van der Waals surface area contributed by atoms with Gasteiger partial charge in [-0.3, -0.25) is 14.7 Å². The number of amides is 1. The van der Waals surface area contributed by atoms with Crippen LogP contribution in [-0.4, -0.2) is 51.3 Å². The third kappa shape index (κ3) is 2.91. The average molecular weight is 291 g/mol. The van der Waals surface area contributed by atoms with Gasteiger partial charge in [-0.1, -0.05) is 0 Å². The van der Waals surface area contributed by atoms with E-state index in [1.807, 2.05) is 0 Å². The number of likely N-dealkylation sites (tertiary alicyclic amines) is 1. The Bertz CT molecular complexity index is 501. The van der Waals surface area contributed by atoms with Crippen molar-refractivity contribution in [3.8, 4) is 0 Å². The van der Waals surface area contributed by atoms with Crippen LogP contribution in [0.4, 0.5) is 13.2 Å². The predicted molar refractivity (Wildman–Crippen MR) is 59.5 cm³/mol. The molecular weight excluding hydrogens is 279 g/mol. The number of rotatable bonds is 3. The maximum absolute atomic E-state index is 12.8. The number of aromatic nitrogens is 2. The van der Waals surface area contributed by atoms with Crippen LogP contribution < -0.4 is 0 Å². The number of alkyl halides is 3. The lowest BCUT2D eigenvalue weighted by atomic mass is 9.96. The minimum atomic E-state index is -4.63. The van der Waals surface area contributed by atoms with Gasteiger partial charge in [0.25, 0.3) is 0 Å². The smallest absolute Gasteiger partial charge is 0.394 e. The number of hydrogen-bond acceptors (Lipinski definition) is 3. The van der Waals surface area contributed by atoms with E-state index >= 15 is 0 Å². The molecule has 0 unspecified atom stereocenters. The summed E-state index contributed by atoms with van der Waals surface area (Å²) in [5.41, 5.74) is 0.470. The lowest BCUT2D eigenvalue weighted by Gasteiger charge is -2.18. The summed E-state index contributed by atoms with van der Waals surface area (Å²) in [5, 5.41) is 15.0. The van der Waals surface area contributed by atoms with Crippen molar-refractivity contribution in [3.63, 3.8) is 0 Å². The van der Waals surface area contributed by atoms with E-state index in [0.29, 0.717) is 5.69 Å². The van der Waals surface area contributed by atoms with Crippen LogP contribution in [0.5, 0.6) is 0 Å². The number of carbonyl (C=O) groups is 2. The first kappa shape index (κ1) is 14.4. The van der Waals surface area contributed by atoms with E-state index in [0.717, 1.165) is 4.90 Å². The van der Waals surface area contributed by atoms with Gasteiger partial charge in [-0.2, -0.15) is 18.3 Å². The SMILES string of the molecule is O=C(O)[C@@H]1CN(C(=O)Cc2ccn[nH]2)C[C@H]1C(F)(F)F. The second-order valence-electron chi connectivity index (χ2n) is 4.65. The van der Waals surface area contributed by atoms with Gasteiger partial charge in [0, 0.05) is 25.0 Å². The molecule has 2 heterocycles. The summed E-state index contributed by atoms with van der Waals surface area (Å²) in [7, 11) is 0.